The first-order valence-electron chi connectivity index (χ1n) is 6.00. The molecule has 0 bridgehead atoms. The fourth-order valence-corrected chi connectivity index (χ4v) is 1.59. The normalized spacial score (nSPS) is 10.6. The summed E-state index contributed by atoms with van der Waals surface area (Å²) in [5, 5.41) is 7.95. The number of nitrogens with two attached hydrogens (primary N) is 1. The van der Waals surface area contributed by atoms with E-state index < -0.39 is 5.97 Å². The molecule has 19 heavy (non-hydrogen) atoms. The number of anilines is 1. The van der Waals surface area contributed by atoms with Crippen LogP contribution >= 0.6 is 0 Å². The van der Waals surface area contributed by atoms with Gasteiger partial charge >= 0.3 is 5.97 Å². The highest BCUT2D eigenvalue weighted by molar-refractivity contribution is 5.69. The molecule has 0 radical (unpaired) electrons. The SMILES string of the molecule is CCCn1ncnc1COC(=O)Cn1ccc(N)n1. The fraction of sp³-hybridized carbons (Fsp3) is 0.455. The second-order valence-electron chi connectivity index (χ2n) is 4.00. The van der Waals surface area contributed by atoms with Crippen LogP contribution in [0.25, 0.3) is 0 Å². The van der Waals surface area contributed by atoms with E-state index >= 15 is 0 Å². The van der Waals surface area contributed by atoms with Gasteiger partial charge in [0.2, 0.25) is 0 Å². The Labute approximate surface area is 110 Å². The van der Waals surface area contributed by atoms with Gasteiger partial charge in [-0.1, -0.05) is 6.92 Å². The Morgan fingerprint density at radius 1 is 1.53 bits per heavy atom. The first kappa shape index (κ1) is 13.1. The molecule has 102 valence electrons. The van der Waals surface area contributed by atoms with Crippen LogP contribution in [0, 0.1) is 0 Å². The van der Waals surface area contributed by atoms with Gasteiger partial charge in [0.05, 0.1) is 0 Å². The monoisotopic (exact) mass is 264 g/mol. The van der Waals surface area contributed by atoms with Crippen molar-refractivity contribution in [1.82, 2.24) is 24.5 Å². The van der Waals surface area contributed by atoms with Crippen molar-refractivity contribution >= 4 is 11.8 Å². The van der Waals surface area contributed by atoms with E-state index in [0.29, 0.717) is 11.6 Å². The first-order valence-corrected chi connectivity index (χ1v) is 6.00. The highest BCUT2D eigenvalue weighted by Gasteiger charge is 2.09. The lowest BCUT2D eigenvalue weighted by atomic mass is 10.5. The minimum absolute atomic E-state index is 0.0269. The largest absolute Gasteiger partial charge is 0.456 e. The molecule has 0 aliphatic heterocycles. The lowest BCUT2D eigenvalue weighted by Gasteiger charge is -2.06. The van der Waals surface area contributed by atoms with Crippen molar-refractivity contribution in [3.63, 3.8) is 0 Å². The summed E-state index contributed by atoms with van der Waals surface area (Å²) in [6.45, 7) is 2.93. The Kier molecular flexibility index (Phi) is 4.11. The van der Waals surface area contributed by atoms with E-state index in [1.54, 1.807) is 16.9 Å². The van der Waals surface area contributed by atoms with E-state index in [9.17, 15) is 4.79 Å². The topological polar surface area (TPSA) is 101 Å². The number of aryl methyl sites for hydroxylation is 1. The maximum atomic E-state index is 11.6. The molecule has 0 saturated heterocycles. The number of nitrogen functional groups attached to an aromatic ring is 1. The summed E-state index contributed by atoms with van der Waals surface area (Å²) in [4.78, 5) is 15.7. The molecule has 0 unspecified atom stereocenters. The first-order chi connectivity index (χ1) is 9.19. The van der Waals surface area contributed by atoms with Crippen LogP contribution in [0.15, 0.2) is 18.6 Å². The number of aromatic nitrogens is 5. The van der Waals surface area contributed by atoms with Crippen LogP contribution in [0.2, 0.25) is 0 Å². The predicted octanol–water partition coefficient (Wildman–Crippen LogP) is 0.210. The smallest absolute Gasteiger partial charge is 0.328 e. The number of hydrogen-bond acceptors (Lipinski definition) is 6. The van der Waals surface area contributed by atoms with Crippen molar-refractivity contribution in [2.75, 3.05) is 5.73 Å². The third kappa shape index (κ3) is 3.54. The molecule has 8 nitrogen and oxygen atoms in total. The second kappa shape index (κ2) is 5.98. The standard InChI is InChI=1S/C11H16N6O2/c1-2-4-17-10(13-8-14-17)7-19-11(18)6-16-5-3-9(12)15-16/h3,5,8H,2,4,6-7H2,1H3,(H2,12,15). The zero-order chi connectivity index (χ0) is 13.7. The number of carbonyl (C=O) groups is 1. The molecule has 0 spiro atoms. The summed E-state index contributed by atoms with van der Waals surface area (Å²) >= 11 is 0. The van der Waals surface area contributed by atoms with Gasteiger partial charge in [0.15, 0.2) is 12.4 Å². The predicted molar refractivity (Wildman–Crippen MR) is 66.7 cm³/mol. The molecule has 0 saturated carbocycles. The lowest BCUT2D eigenvalue weighted by Crippen LogP contribution is -2.16. The summed E-state index contributed by atoms with van der Waals surface area (Å²) in [6, 6.07) is 1.62. The van der Waals surface area contributed by atoms with Gasteiger partial charge in [-0.25, -0.2) is 9.67 Å². The van der Waals surface area contributed by atoms with Crippen molar-refractivity contribution in [1.29, 1.82) is 0 Å². The van der Waals surface area contributed by atoms with E-state index in [2.05, 4.69) is 15.2 Å². The van der Waals surface area contributed by atoms with Gasteiger partial charge in [0, 0.05) is 12.7 Å². The molecular weight excluding hydrogens is 248 g/mol. The number of hydrogen-bond donors (Lipinski definition) is 1. The Balaban J connectivity index is 1.84. The third-order valence-electron chi connectivity index (χ3n) is 2.45. The summed E-state index contributed by atoms with van der Waals surface area (Å²) in [5.74, 6) is 0.611. The Bertz CT molecular complexity index is 547. The van der Waals surface area contributed by atoms with Crippen LogP contribution in [-0.4, -0.2) is 30.5 Å². The van der Waals surface area contributed by atoms with Crippen LogP contribution in [0.5, 0.6) is 0 Å². The molecule has 2 heterocycles. The van der Waals surface area contributed by atoms with E-state index in [4.69, 9.17) is 10.5 Å². The number of carbonyl (C=O) groups excluding carboxylic acids is 1. The quantitative estimate of drug-likeness (QED) is 0.748. The van der Waals surface area contributed by atoms with E-state index in [1.165, 1.54) is 11.0 Å². The average molecular weight is 264 g/mol. The summed E-state index contributed by atoms with van der Waals surface area (Å²) in [7, 11) is 0. The second-order valence-corrected chi connectivity index (χ2v) is 4.00. The van der Waals surface area contributed by atoms with Crippen molar-refractivity contribution in [3.8, 4) is 0 Å². The molecule has 0 atom stereocenters. The number of rotatable bonds is 6. The van der Waals surface area contributed by atoms with Gasteiger partial charge in [0.25, 0.3) is 0 Å². The maximum Gasteiger partial charge on any atom is 0.328 e. The molecule has 8 heteroatoms. The van der Waals surface area contributed by atoms with E-state index in [0.717, 1.165) is 13.0 Å². The minimum atomic E-state index is -0.394. The van der Waals surface area contributed by atoms with Gasteiger partial charge in [-0.05, 0) is 12.5 Å². The van der Waals surface area contributed by atoms with Gasteiger partial charge in [0.1, 0.15) is 18.7 Å². The highest BCUT2D eigenvalue weighted by atomic mass is 16.5. The molecule has 0 amide bonds. The number of esters is 1. The molecular formula is C11H16N6O2. The molecule has 0 aliphatic carbocycles. The third-order valence-corrected chi connectivity index (χ3v) is 2.45. The van der Waals surface area contributed by atoms with Crippen molar-refractivity contribution in [3.05, 3.63) is 24.4 Å². The Morgan fingerprint density at radius 2 is 2.37 bits per heavy atom. The minimum Gasteiger partial charge on any atom is -0.456 e. The summed E-state index contributed by atoms with van der Waals surface area (Å²) in [6.07, 6.45) is 4.01. The van der Waals surface area contributed by atoms with Crippen molar-refractivity contribution in [2.24, 2.45) is 0 Å². The van der Waals surface area contributed by atoms with Gasteiger partial charge in [-0.3, -0.25) is 9.48 Å². The molecule has 0 aromatic carbocycles. The van der Waals surface area contributed by atoms with E-state index in [1.807, 2.05) is 6.92 Å². The fourth-order valence-electron chi connectivity index (χ4n) is 1.59. The van der Waals surface area contributed by atoms with Crippen LogP contribution in [0.4, 0.5) is 5.82 Å². The number of ether oxygens (including phenoxy) is 1. The molecule has 0 aliphatic rings. The summed E-state index contributed by atoms with van der Waals surface area (Å²) < 4.78 is 8.27. The van der Waals surface area contributed by atoms with Crippen LogP contribution in [0.3, 0.4) is 0 Å². The Hall–Kier alpha value is -2.38. The van der Waals surface area contributed by atoms with Crippen molar-refractivity contribution in [2.45, 2.75) is 33.0 Å². The molecule has 2 rings (SSSR count). The lowest BCUT2D eigenvalue weighted by molar-refractivity contribution is -0.146. The zero-order valence-electron chi connectivity index (χ0n) is 10.7. The van der Waals surface area contributed by atoms with Crippen LogP contribution in [0.1, 0.15) is 19.2 Å². The zero-order valence-corrected chi connectivity index (χ0v) is 10.7. The molecule has 0 fully saturated rings. The summed E-state index contributed by atoms with van der Waals surface area (Å²) in [5.41, 5.74) is 5.45. The average Bonchev–Trinajstić information content (AvgIpc) is 2.97. The maximum absolute atomic E-state index is 11.6. The number of nitrogens with zero attached hydrogens (tertiary/aromatic N) is 5. The van der Waals surface area contributed by atoms with Gasteiger partial charge in [-0.15, -0.1) is 0 Å². The highest BCUT2D eigenvalue weighted by Crippen LogP contribution is 2.01. The van der Waals surface area contributed by atoms with Crippen molar-refractivity contribution < 1.29 is 9.53 Å². The van der Waals surface area contributed by atoms with Gasteiger partial charge < -0.3 is 10.5 Å². The Morgan fingerprint density at radius 3 is 3.05 bits per heavy atom. The van der Waals surface area contributed by atoms with Gasteiger partial charge in [-0.2, -0.15) is 10.2 Å². The van der Waals surface area contributed by atoms with Crippen LogP contribution in [-0.2, 0) is 29.2 Å². The van der Waals surface area contributed by atoms with E-state index in [-0.39, 0.29) is 13.2 Å². The molecule has 2 aromatic rings. The molecule has 2 N–H and O–H groups in total. The van der Waals surface area contributed by atoms with Crippen LogP contribution < -0.4 is 5.73 Å². The molecule has 2 aromatic heterocycles.